The Hall–Kier alpha value is -2.27. The molecule has 0 unspecified atom stereocenters. The van der Waals surface area contributed by atoms with E-state index in [2.05, 4.69) is 46.6 Å². The van der Waals surface area contributed by atoms with Crippen LogP contribution in [0.4, 0.5) is 0 Å². The van der Waals surface area contributed by atoms with Gasteiger partial charge in [0.15, 0.2) is 0 Å². The summed E-state index contributed by atoms with van der Waals surface area (Å²) in [5.41, 5.74) is 1.98. The number of nitrogens with one attached hydrogen (secondary N) is 2. The van der Waals surface area contributed by atoms with Gasteiger partial charge in [0.1, 0.15) is 5.82 Å². The number of rotatable bonds is 7. The predicted molar refractivity (Wildman–Crippen MR) is 112 cm³/mol. The summed E-state index contributed by atoms with van der Waals surface area (Å²) in [6, 6.07) is 11.8. The topological polar surface area (TPSA) is 66.9 Å². The fourth-order valence-electron chi connectivity index (χ4n) is 3.86. The van der Waals surface area contributed by atoms with Crippen LogP contribution in [0.15, 0.2) is 42.6 Å². The molecule has 2 aromatic rings. The first-order valence-corrected chi connectivity index (χ1v) is 10.5. The zero-order valence-electron chi connectivity index (χ0n) is 17.2. The first-order valence-electron chi connectivity index (χ1n) is 10.5. The van der Waals surface area contributed by atoms with Crippen LogP contribution in [0.2, 0.25) is 0 Å². The van der Waals surface area contributed by atoms with E-state index in [1.807, 2.05) is 31.2 Å². The van der Waals surface area contributed by atoms with Crippen molar-refractivity contribution >= 4 is 5.91 Å². The maximum absolute atomic E-state index is 13.1. The Balaban J connectivity index is 1.82. The zero-order valence-corrected chi connectivity index (χ0v) is 17.2. The molecule has 1 aliphatic carbocycles. The molecule has 2 N–H and O–H groups in total. The Bertz CT molecular complexity index is 756. The third kappa shape index (κ3) is 5.38. The summed E-state index contributed by atoms with van der Waals surface area (Å²) < 4.78 is 0. The molecular formula is C23H32N4O. The molecule has 5 heteroatoms. The molecule has 1 aliphatic rings. The van der Waals surface area contributed by atoms with Crippen LogP contribution in [0.1, 0.15) is 69.1 Å². The van der Waals surface area contributed by atoms with Gasteiger partial charge < -0.3 is 5.32 Å². The van der Waals surface area contributed by atoms with Crippen molar-refractivity contribution < 1.29 is 4.79 Å². The Kier molecular flexibility index (Phi) is 7.15. The molecule has 1 amide bonds. The highest BCUT2D eigenvalue weighted by molar-refractivity contribution is 5.82. The van der Waals surface area contributed by atoms with Gasteiger partial charge in [-0.15, -0.1) is 0 Å². The number of nitrogens with zero attached hydrogens (tertiary/aromatic N) is 2. The molecule has 0 radical (unpaired) electrons. The highest BCUT2D eigenvalue weighted by atomic mass is 16.2. The molecule has 2 atom stereocenters. The number of aryl methyl sites for hydroxylation is 1. The maximum Gasteiger partial charge on any atom is 0.237 e. The van der Waals surface area contributed by atoms with Crippen molar-refractivity contribution in [2.24, 2.45) is 5.92 Å². The molecule has 1 aromatic heterocycles. The summed E-state index contributed by atoms with van der Waals surface area (Å²) in [7, 11) is 0. The Morgan fingerprint density at radius 3 is 2.43 bits per heavy atom. The van der Waals surface area contributed by atoms with Gasteiger partial charge in [-0.2, -0.15) is 0 Å². The van der Waals surface area contributed by atoms with Crippen molar-refractivity contribution in [1.29, 1.82) is 0 Å². The van der Waals surface area contributed by atoms with E-state index in [0.29, 0.717) is 11.9 Å². The first-order chi connectivity index (χ1) is 13.5. The summed E-state index contributed by atoms with van der Waals surface area (Å²) in [6.07, 6.45) is 7.63. The minimum atomic E-state index is -0.309. The molecule has 0 bridgehead atoms. The summed E-state index contributed by atoms with van der Waals surface area (Å²) in [6.45, 7) is 6.12. The Morgan fingerprint density at radius 1 is 1.07 bits per heavy atom. The van der Waals surface area contributed by atoms with Crippen LogP contribution < -0.4 is 10.6 Å². The van der Waals surface area contributed by atoms with E-state index in [0.717, 1.165) is 24.1 Å². The standard InChI is InChI=1S/C23H32N4O/c1-16(2)20(23(28)26-19-12-8-5-9-13-19)27-21(18-10-6-4-7-11-18)22-24-15-14-17(3)25-22/h4,6-7,10-11,14-16,19-21,27H,5,8-9,12-13H2,1-3H3,(H,26,28)/t20-,21-/m0/s1. The highest BCUT2D eigenvalue weighted by Crippen LogP contribution is 2.22. The van der Waals surface area contributed by atoms with E-state index >= 15 is 0 Å². The third-order valence-corrected chi connectivity index (χ3v) is 5.45. The number of carbonyl (C=O) groups is 1. The monoisotopic (exact) mass is 380 g/mol. The van der Waals surface area contributed by atoms with E-state index in [4.69, 9.17) is 0 Å². The average molecular weight is 381 g/mol. The van der Waals surface area contributed by atoms with E-state index < -0.39 is 0 Å². The highest BCUT2D eigenvalue weighted by Gasteiger charge is 2.29. The van der Waals surface area contributed by atoms with Gasteiger partial charge in [0.2, 0.25) is 5.91 Å². The lowest BCUT2D eigenvalue weighted by Gasteiger charge is -2.30. The molecule has 150 valence electrons. The van der Waals surface area contributed by atoms with Gasteiger partial charge in [-0.25, -0.2) is 9.97 Å². The molecule has 1 aromatic carbocycles. The van der Waals surface area contributed by atoms with Crippen LogP contribution in [0, 0.1) is 12.8 Å². The van der Waals surface area contributed by atoms with Gasteiger partial charge in [0.25, 0.3) is 0 Å². The van der Waals surface area contributed by atoms with Crippen LogP contribution in [0.25, 0.3) is 0 Å². The van der Waals surface area contributed by atoms with Gasteiger partial charge in [-0.05, 0) is 37.3 Å². The molecule has 0 saturated heterocycles. The first kappa shape index (κ1) is 20.5. The maximum atomic E-state index is 13.1. The largest absolute Gasteiger partial charge is 0.352 e. The molecule has 3 rings (SSSR count). The number of aromatic nitrogens is 2. The van der Waals surface area contributed by atoms with Crippen LogP contribution in [0.5, 0.6) is 0 Å². The van der Waals surface area contributed by atoms with Gasteiger partial charge >= 0.3 is 0 Å². The number of hydrogen-bond acceptors (Lipinski definition) is 4. The second-order valence-corrected chi connectivity index (χ2v) is 8.13. The molecular weight excluding hydrogens is 348 g/mol. The summed E-state index contributed by atoms with van der Waals surface area (Å²) in [5.74, 6) is 0.928. The summed E-state index contributed by atoms with van der Waals surface area (Å²) >= 11 is 0. The van der Waals surface area contributed by atoms with E-state index in [1.165, 1.54) is 19.3 Å². The van der Waals surface area contributed by atoms with Crippen molar-refractivity contribution in [1.82, 2.24) is 20.6 Å². The molecule has 1 saturated carbocycles. The molecule has 5 nitrogen and oxygen atoms in total. The van der Waals surface area contributed by atoms with Gasteiger partial charge in [-0.1, -0.05) is 63.4 Å². The lowest BCUT2D eigenvalue weighted by Crippen LogP contribution is -2.52. The zero-order chi connectivity index (χ0) is 19.9. The van der Waals surface area contributed by atoms with Crippen molar-refractivity contribution in [2.45, 2.75) is 71.0 Å². The molecule has 1 fully saturated rings. The predicted octanol–water partition coefficient (Wildman–Crippen LogP) is 3.94. The average Bonchev–Trinajstić information content (AvgIpc) is 2.69. The second kappa shape index (κ2) is 9.78. The van der Waals surface area contributed by atoms with E-state index in [9.17, 15) is 4.79 Å². The number of benzene rings is 1. The lowest BCUT2D eigenvalue weighted by atomic mass is 9.94. The Morgan fingerprint density at radius 2 is 1.79 bits per heavy atom. The van der Waals surface area contributed by atoms with Crippen molar-refractivity contribution in [3.8, 4) is 0 Å². The van der Waals surface area contributed by atoms with Gasteiger partial charge in [-0.3, -0.25) is 10.1 Å². The minimum Gasteiger partial charge on any atom is -0.352 e. The molecule has 1 heterocycles. The van der Waals surface area contributed by atoms with Gasteiger partial charge in [0.05, 0.1) is 12.1 Å². The Labute approximate surface area is 168 Å². The molecule has 0 aliphatic heterocycles. The number of amides is 1. The van der Waals surface area contributed by atoms with Crippen molar-refractivity contribution in [3.05, 3.63) is 59.7 Å². The van der Waals surface area contributed by atoms with Crippen molar-refractivity contribution in [3.63, 3.8) is 0 Å². The third-order valence-electron chi connectivity index (χ3n) is 5.45. The molecule has 0 spiro atoms. The van der Waals surface area contributed by atoms with Crippen LogP contribution in [0.3, 0.4) is 0 Å². The van der Waals surface area contributed by atoms with Crippen LogP contribution in [-0.2, 0) is 4.79 Å². The van der Waals surface area contributed by atoms with Crippen LogP contribution >= 0.6 is 0 Å². The quantitative estimate of drug-likeness (QED) is 0.764. The number of carbonyl (C=O) groups excluding carboxylic acids is 1. The molecule has 28 heavy (non-hydrogen) atoms. The summed E-state index contributed by atoms with van der Waals surface area (Å²) in [5, 5.41) is 6.84. The SMILES string of the molecule is Cc1ccnc([C@@H](N[C@H](C(=O)NC2CCCCC2)C(C)C)c2ccccc2)n1. The minimum absolute atomic E-state index is 0.0792. The second-order valence-electron chi connectivity index (χ2n) is 8.13. The lowest BCUT2D eigenvalue weighted by molar-refractivity contribution is -0.125. The van der Waals surface area contributed by atoms with Crippen molar-refractivity contribution in [2.75, 3.05) is 0 Å². The van der Waals surface area contributed by atoms with Crippen LogP contribution in [-0.4, -0.2) is 28.0 Å². The van der Waals surface area contributed by atoms with Gasteiger partial charge in [0, 0.05) is 17.9 Å². The normalized spacial score (nSPS) is 17.3. The number of hydrogen-bond donors (Lipinski definition) is 2. The smallest absolute Gasteiger partial charge is 0.237 e. The van der Waals surface area contributed by atoms with E-state index in [-0.39, 0.29) is 23.9 Å². The summed E-state index contributed by atoms with van der Waals surface area (Å²) in [4.78, 5) is 22.2. The fraction of sp³-hybridized carbons (Fsp3) is 0.522. The van der Waals surface area contributed by atoms with E-state index in [1.54, 1.807) is 6.20 Å². The fourth-order valence-corrected chi connectivity index (χ4v) is 3.86.